The average molecular weight is 464 g/mol. The summed E-state index contributed by atoms with van der Waals surface area (Å²) < 4.78 is 38.9. The molecule has 0 N–H and O–H groups in total. The largest absolute Gasteiger partial charge is 0.416 e. The predicted octanol–water partition coefficient (Wildman–Crippen LogP) is 6.07. The fourth-order valence-electron chi connectivity index (χ4n) is 5.19. The van der Waals surface area contributed by atoms with Crippen LogP contribution in [0.4, 0.5) is 18.9 Å². The third-order valence-corrected chi connectivity index (χ3v) is 7.31. The van der Waals surface area contributed by atoms with E-state index < -0.39 is 11.7 Å². The Labute approximate surface area is 195 Å². The van der Waals surface area contributed by atoms with E-state index in [1.807, 2.05) is 6.07 Å². The highest BCUT2D eigenvalue weighted by atomic mass is 19.4. The van der Waals surface area contributed by atoms with Crippen LogP contribution in [0, 0.1) is 23.2 Å². The summed E-state index contributed by atoms with van der Waals surface area (Å²) in [7, 11) is 0. The molecule has 0 aromatic heterocycles. The van der Waals surface area contributed by atoms with Crippen LogP contribution in [-0.4, -0.2) is 43.4 Å². The highest BCUT2D eigenvalue weighted by molar-refractivity contribution is 5.78. The number of rotatable bonds is 10. The molecule has 7 heteroatoms. The summed E-state index contributed by atoms with van der Waals surface area (Å²) in [4.78, 5) is 16.2. The minimum atomic E-state index is -4.30. The van der Waals surface area contributed by atoms with Crippen LogP contribution in [0.25, 0.3) is 0 Å². The van der Waals surface area contributed by atoms with Crippen LogP contribution < -0.4 is 4.90 Å². The van der Waals surface area contributed by atoms with E-state index in [4.69, 9.17) is 5.26 Å². The quantitative estimate of drug-likeness (QED) is 0.423. The molecule has 1 saturated heterocycles. The Morgan fingerprint density at radius 3 is 2.30 bits per heavy atom. The van der Waals surface area contributed by atoms with Gasteiger partial charge in [0.2, 0.25) is 0 Å². The number of benzene rings is 1. The van der Waals surface area contributed by atoms with Crippen molar-refractivity contribution in [2.75, 3.05) is 37.6 Å². The molecule has 2 aliphatic rings. The monoisotopic (exact) mass is 463 g/mol. The SMILES string of the molecule is N#CCCC(=O)CCCC1CCC(CCN2CCN(c3cccc(C(F)(F)F)c3)CC2)CC1. The van der Waals surface area contributed by atoms with Crippen LogP contribution in [0.5, 0.6) is 0 Å². The summed E-state index contributed by atoms with van der Waals surface area (Å²) in [6, 6.07) is 7.68. The first kappa shape index (κ1) is 25.6. The topological polar surface area (TPSA) is 47.3 Å². The van der Waals surface area contributed by atoms with Gasteiger partial charge in [0, 0.05) is 51.1 Å². The van der Waals surface area contributed by atoms with E-state index in [-0.39, 0.29) is 5.78 Å². The molecule has 1 heterocycles. The number of ketones is 1. The van der Waals surface area contributed by atoms with Crippen molar-refractivity contribution < 1.29 is 18.0 Å². The first-order chi connectivity index (χ1) is 15.8. The second kappa shape index (κ2) is 12.4. The lowest BCUT2D eigenvalue weighted by atomic mass is 9.78. The minimum Gasteiger partial charge on any atom is -0.369 e. The van der Waals surface area contributed by atoms with E-state index >= 15 is 0 Å². The molecule has 0 radical (unpaired) electrons. The molecule has 1 aliphatic heterocycles. The number of Topliss-reactive ketones (excluding diaryl/α,β-unsaturated/α-hetero) is 1. The van der Waals surface area contributed by atoms with E-state index in [1.54, 1.807) is 6.07 Å². The van der Waals surface area contributed by atoms with Gasteiger partial charge in [-0.05, 0) is 49.4 Å². The van der Waals surface area contributed by atoms with Gasteiger partial charge in [-0.3, -0.25) is 9.69 Å². The van der Waals surface area contributed by atoms with Crippen LogP contribution in [0.15, 0.2) is 24.3 Å². The maximum absolute atomic E-state index is 13.0. The summed E-state index contributed by atoms with van der Waals surface area (Å²) >= 11 is 0. The van der Waals surface area contributed by atoms with Gasteiger partial charge in [-0.2, -0.15) is 18.4 Å². The molecular formula is C26H36F3N3O. The Morgan fingerprint density at radius 1 is 1.00 bits per heavy atom. The van der Waals surface area contributed by atoms with Crippen molar-refractivity contribution in [3.8, 4) is 6.07 Å². The van der Waals surface area contributed by atoms with Gasteiger partial charge in [-0.1, -0.05) is 38.2 Å². The second-order valence-corrected chi connectivity index (χ2v) is 9.64. The smallest absolute Gasteiger partial charge is 0.369 e. The molecule has 33 heavy (non-hydrogen) atoms. The van der Waals surface area contributed by atoms with Gasteiger partial charge < -0.3 is 4.90 Å². The van der Waals surface area contributed by atoms with E-state index in [9.17, 15) is 18.0 Å². The molecule has 0 spiro atoms. The van der Waals surface area contributed by atoms with Crippen molar-refractivity contribution in [2.45, 2.75) is 70.4 Å². The third kappa shape index (κ3) is 8.33. The van der Waals surface area contributed by atoms with Gasteiger partial charge >= 0.3 is 6.18 Å². The summed E-state index contributed by atoms with van der Waals surface area (Å²) in [6.07, 6.45) is 5.36. The van der Waals surface area contributed by atoms with E-state index in [1.165, 1.54) is 44.2 Å². The van der Waals surface area contributed by atoms with Crippen LogP contribution in [0.1, 0.15) is 69.8 Å². The van der Waals surface area contributed by atoms with Crippen molar-refractivity contribution in [1.29, 1.82) is 5.26 Å². The lowest BCUT2D eigenvalue weighted by Gasteiger charge is -2.37. The molecule has 0 bridgehead atoms. The number of piperazine rings is 1. The number of carbonyl (C=O) groups excluding carboxylic acids is 1. The Kier molecular flexibility index (Phi) is 9.61. The van der Waals surface area contributed by atoms with E-state index in [2.05, 4.69) is 9.80 Å². The van der Waals surface area contributed by atoms with Gasteiger partial charge in [-0.25, -0.2) is 0 Å². The van der Waals surface area contributed by atoms with Gasteiger partial charge in [-0.15, -0.1) is 0 Å². The van der Waals surface area contributed by atoms with E-state index in [0.29, 0.717) is 24.9 Å². The maximum Gasteiger partial charge on any atom is 0.416 e. The lowest BCUT2D eigenvalue weighted by Crippen LogP contribution is -2.47. The summed E-state index contributed by atoms with van der Waals surface area (Å²) in [5, 5.41) is 8.55. The number of nitrogens with zero attached hydrogens (tertiary/aromatic N) is 3. The summed E-state index contributed by atoms with van der Waals surface area (Å²) in [5.41, 5.74) is 0.0817. The normalized spacial score (nSPS) is 22.2. The second-order valence-electron chi connectivity index (χ2n) is 9.64. The molecule has 1 aliphatic carbocycles. The lowest BCUT2D eigenvalue weighted by molar-refractivity contribution is -0.137. The Hall–Kier alpha value is -2.07. The summed E-state index contributed by atoms with van der Waals surface area (Å²) in [6.45, 7) is 4.39. The molecule has 3 rings (SSSR count). The molecule has 1 aromatic rings. The first-order valence-electron chi connectivity index (χ1n) is 12.4. The highest BCUT2D eigenvalue weighted by Gasteiger charge is 2.31. The average Bonchev–Trinajstić information content (AvgIpc) is 2.82. The molecular weight excluding hydrogens is 427 g/mol. The van der Waals surface area contributed by atoms with Crippen LogP contribution in [-0.2, 0) is 11.0 Å². The first-order valence-corrected chi connectivity index (χ1v) is 12.4. The number of hydrogen-bond acceptors (Lipinski definition) is 4. The molecule has 1 aromatic carbocycles. The summed E-state index contributed by atoms with van der Waals surface area (Å²) in [5.74, 6) is 1.72. The van der Waals surface area contributed by atoms with Crippen molar-refractivity contribution in [2.24, 2.45) is 11.8 Å². The molecule has 0 unspecified atom stereocenters. The van der Waals surface area contributed by atoms with Crippen LogP contribution in [0.3, 0.4) is 0 Å². The number of nitriles is 1. The molecule has 0 atom stereocenters. The zero-order valence-electron chi connectivity index (χ0n) is 19.5. The molecule has 182 valence electrons. The van der Waals surface area contributed by atoms with Gasteiger partial charge in [0.1, 0.15) is 5.78 Å². The van der Waals surface area contributed by atoms with Gasteiger partial charge in [0.15, 0.2) is 0 Å². The highest BCUT2D eigenvalue weighted by Crippen LogP contribution is 2.34. The van der Waals surface area contributed by atoms with Crippen molar-refractivity contribution in [3.63, 3.8) is 0 Å². The number of carbonyl (C=O) groups is 1. The number of alkyl halides is 3. The Bertz CT molecular complexity index is 789. The zero-order valence-corrected chi connectivity index (χ0v) is 19.5. The van der Waals surface area contributed by atoms with Crippen molar-refractivity contribution in [1.82, 2.24) is 4.90 Å². The number of hydrogen-bond donors (Lipinski definition) is 0. The Morgan fingerprint density at radius 2 is 1.67 bits per heavy atom. The van der Waals surface area contributed by atoms with Gasteiger partial charge in [0.05, 0.1) is 11.6 Å². The Balaban J connectivity index is 1.30. The fourth-order valence-corrected chi connectivity index (χ4v) is 5.19. The molecule has 2 fully saturated rings. The van der Waals surface area contributed by atoms with Crippen molar-refractivity contribution in [3.05, 3.63) is 29.8 Å². The predicted molar refractivity (Wildman–Crippen MR) is 124 cm³/mol. The molecule has 0 amide bonds. The minimum absolute atomic E-state index is 0.221. The standard InChI is InChI=1S/C26H36F3N3O/c27-26(28,29)23-5-2-6-24(20-23)32-18-16-31(17-19-32)15-13-22-11-9-21(10-12-22)4-1-7-25(33)8-3-14-30/h2,5-6,20-22H,1,3-4,7-13,15-19H2. The van der Waals surface area contributed by atoms with Crippen molar-refractivity contribution >= 4 is 11.5 Å². The number of anilines is 1. The van der Waals surface area contributed by atoms with Gasteiger partial charge in [0.25, 0.3) is 0 Å². The van der Waals surface area contributed by atoms with E-state index in [0.717, 1.165) is 63.5 Å². The number of halogens is 3. The zero-order chi connectivity index (χ0) is 23.7. The molecule has 1 saturated carbocycles. The third-order valence-electron chi connectivity index (χ3n) is 7.31. The van der Waals surface area contributed by atoms with Crippen LogP contribution >= 0.6 is 0 Å². The maximum atomic E-state index is 13.0. The fraction of sp³-hybridized carbons (Fsp3) is 0.692. The van der Waals surface area contributed by atoms with Crippen LogP contribution in [0.2, 0.25) is 0 Å². The molecule has 4 nitrogen and oxygen atoms in total.